The fraction of sp³-hybridized carbons (Fsp3) is 0.455. The molecule has 2 heterocycles. The van der Waals surface area contributed by atoms with Crippen molar-refractivity contribution in [3.8, 4) is 0 Å². The molecule has 1 fully saturated rings. The number of nitrogens with zero attached hydrogens (tertiary/aromatic N) is 3. The number of hydrogen-bond acceptors (Lipinski definition) is 4. The summed E-state index contributed by atoms with van der Waals surface area (Å²) in [5.74, 6) is 0.200. The SMILES string of the molecule is CCN1CCC(N(CCc2ccccn2)C(=O)Cc2ccc(N)cc2)CC1. The Morgan fingerprint density at radius 2 is 1.93 bits per heavy atom. The molecule has 0 radical (unpaired) electrons. The maximum absolute atomic E-state index is 13.1. The fourth-order valence-corrected chi connectivity index (χ4v) is 3.75. The minimum Gasteiger partial charge on any atom is -0.399 e. The number of likely N-dealkylation sites (tertiary alicyclic amines) is 1. The van der Waals surface area contributed by atoms with Gasteiger partial charge in [0.2, 0.25) is 5.91 Å². The van der Waals surface area contributed by atoms with Crippen LogP contribution in [-0.2, 0) is 17.6 Å². The lowest BCUT2D eigenvalue weighted by Crippen LogP contribution is -2.48. The second-order valence-electron chi connectivity index (χ2n) is 7.24. The summed E-state index contributed by atoms with van der Waals surface area (Å²) in [6.07, 6.45) is 5.13. The van der Waals surface area contributed by atoms with Crippen LogP contribution < -0.4 is 5.73 Å². The Balaban J connectivity index is 1.67. The van der Waals surface area contributed by atoms with Crippen LogP contribution in [-0.4, -0.2) is 52.9 Å². The number of piperidine rings is 1. The molecule has 27 heavy (non-hydrogen) atoms. The van der Waals surface area contributed by atoms with Crippen LogP contribution in [0.1, 0.15) is 31.0 Å². The lowest BCUT2D eigenvalue weighted by atomic mass is 10.0. The number of carbonyl (C=O) groups is 1. The molecule has 5 heteroatoms. The van der Waals surface area contributed by atoms with Crippen molar-refractivity contribution in [3.63, 3.8) is 0 Å². The molecular formula is C22H30N4O. The summed E-state index contributed by atoms with van der Waals surface area (Å²) in [7, 11) is 0. The Labute approximate surface area is 162 Å². The van der Waals surface area contributed by atoms with E-state index in [1.165, 1.54) is 0 Å². The number of hydrogen-bond donors (Lipinski definition) is 1. The van der Waals surface area contributed by atoms with Crippen molar-refractivity contribution in [3.05, 3.63) is 59.9 Å². The van der Waals surface area contributed by atoms with Crippen molar-refractivity contribution >= 4 is 11.6 Å². The first-order valence-electron chi connectivity index (χ1n) is 9.92. The largest absolute Gasteiger partial charge is 0.399 e. The van der Waals surface area contributed by atoms with E-state index in [2.05, 4.69) is 21.7 Å². The van der Waals surface area contributed by atoms with Crippen LogP contribution >= 0.6 is 0 Å². The molecule has 0 bridgehead atoms. The number of pyridine rings is 1. The Hall–Kier alpha value is -2.40. The van der Waals surface area contributed by atoms with Crippen molar-refractivity contribution in [1.82, 2.24) is 14.8 Å². The molecule has 0 aliphatic carbocycles. The highest BCUT2D eigenvalue weighted by molar-refractivity contribution is 5.79. The van der Waals surface area contributed by atoms with Gasteiger partial charge in [0, 0.05) is 49.7 Å². The first kappa shape index (κ1) is 19.4. The molecule has 1 saturated heterocycles. The Bertz CT molecular complexity index is 709. The van der Waals surface area contributed by atoms with Gasteiger partial charge in [-0.05, 0) is 49.2 Å². The van der Waals surface area contributed by atoms with Gasteiger partial charge in [0.15, 0.2) is 0 Å². The van der Waals surface area contributed by atoms with Crippen LogP contribution in [0.4, 0.5) is 5.69 Å². The van der Waals surface area contributed by atoms with Crippen LogP contribution in [0, 0.1) is 0 Å². The third kappa shape index (κ3) is 5.54. The first-order chi connectivity index (χ1) is 13.2. The molecular weight excluding hydrogens is 336 g/mol. The molecule has 144 valence electrons. The molecule has 3 rings (SSSR count). The number of benzene rings is 1. The van der Waals surface area contributed by atoms with E-state index in [0.717, 1.165) is 62.4 Å². The summed E-state index contributed by atoms with van der Waals surface area (Å²) in [4.78, 5) is 22.1. The predicted octanol–water partition coefficient (Wildman–Crippen LogP) is 2.76. The van der Waals surface area contributed by atoms with E-state index in [-0.39, 0.29) is 5.91 Å². The van der Waals surface area contributed by atoms with Gasteiger partial charge < -0.3 is 15.5 Å². The van der Waals surface area contributed by atoms with Crippen LogP contribution in [0.2, 0.25) is 0 Å². The van der Waals surface area contributed by atoms with Crippen molar-refractivity contribution in [2.24, 2.45) is 0 Å². The van der Waals surface area contributed by atoms with Gasteiger partial charge in [0.25, 0.3) is 0 Å². The minimum atomic E-state index is 0.200. The molecule has 2 aromatic rings. The molecule has 1 amide bonds. The maximum atomic E-state index is 13.1. The van der Waals surface area contributed by atoms with E-state index >= 15 is 0 Å². The number of carbonyl (C=O) groups excluding carboxylic acids is 1. The number of anilines is 1. The van der Waals surface area contributed by atoms with Gasteiger partial charge in [-0.15, -0.1) is 0 Å². The monoisotopic (exact) mass is 366 g/mol. The van der Waals surface area contributed by atoms with Gasteiger partial charge in [0.1, 0.15) is 0 Å². The maximum Gasteiger partial charge on any atom is 0.227 e. The fourth-order valence-electron chi connectivity index (χ4n) is 3.75. The van der Waals surface area contributed by atoms with Gasteiger partial charge in [-0.1, -0.05) is 25.1 Å². The molecule has 0 atom stereocenters. The molecule has 1 aromatic carbocycles. The van der Waals surface area contributed by atoms with Crippen LogP contribution in [0.15, 0.2) is 48.7 Å². The second kappa shape index (κ2) is 9.51. The number of aromatic nitrogens is 1. The average Bonchev–Trinajstić information content (AvgIpc) is 2.71. The van der Waals surface area contributed by atoms with Gasteiger partial charge in [-0.25, -0.2) is 0 Å². The normalized spacial score (nSPS) is 15.6. The van der Waals surface area contributed by atoms with Crippen LogP contribution in [0.5, 0.6) is 0 Å². The molecule has 0 spiro atoms. The lowest BCUT2D eigenvalue weighted by molar-refractivity contribution is -0.133. The molecule has 1 aliphatic rings. The van der Waals surface area contributed by atoms with Crippen LogP contribution in [0.3, 0.4) is 0 Å². The topological polar surface area (TPSA) is 62.5 Å². The smallest absolute Gasteiger partial charge is 0.227 e. The molecule has 5 nitrogen and oxygen atoms in total. The Morgan fingerprint density at radius 1 is 1.19 bits per heavy atom. The van der Waals surface area contributed by atoms with Gasteiger partial charge >= 0.3 is 0 Å². The first-order valence-corrected chi connectivity index (χ1v) is 9.92. The lowest BCUT2D eigenvalue weighted by Gasteiger charge is -2.38. The summed E-state index contributed by atoms with van der Waals surface area (Å²) in [5.41, 5.74) is 8.55. The van der Waals surface area contributed by atoms with Gasteiger partial charge in [-0.3, -0.25) is 9.78 Å². The summed E-state index contributed by atoms with van der Waals surface area (Å²) in [6.45, 7) is 6.14. The molecule has 0 unspecified atom stereocenters. The summed E-state index contributed by atoms with van der Waals surface area (Å²) in [6, 6.07) is 13.9. The zero-order valence-corrected chi connectivity index (χ0v) is 16.2. The van der Waals surface area contributed by atoms with Crippen molar-refractivity contribution < 1.29 is 4.79 Å². The number of nitrogens with two attached hydrogens (primary N) is 1. The molecule has 2 N–H and O–H groups in total. The highest BCUT2D eigenvalue weighted by atomic mass is 16.2. The highest BCUT2D eigenvalue weighted by Crippen LogP contribution is 2.19. The van der Waals surface area contributed by atoms with E-state index in [1.54, 1.807) is 0 Å². The van der Waals surface area contributed by atoms with E-state index in [9.17, 15) is 4.79 Å². The summed E-state index contributed by atoms with van der Waals surface area (Å²) >= 11 is 0. The van der Waals surface area contributed by atoms with E-state index < -0.39 is 0 Å². The number of amides is 1. The quantitative estimate of drug-likeness (QED) is 0.766. The average molecular weight is 367 g/mol. The standard InChI is InChI=1S/C22H30N4O/c1-2-25-14-11-21(12-15-25)26(16-10-20-5-3-4-13-24-20)22(27)17-18-6-8-19(23)9-7-18/h3-9,13,21H,2,10-12,14-17,23H2,1H3. The third-order valence-corrected chi connectivity index (χ3v) is 5.44. The zero-order valence-electron chi connectivity index (χ0n) is 16.2. The van der Waals surface area contributed by atoms with E-state index in [1.807, 2.05) is 48.7 Å². The summed E-state index contributed by atoms with van der Waals surface area (Å²) < 4.78 is 0. The molecule has 1 aromatic heterocycles. The van der Waals surface area contributed by atoms with Gasteiger partial charge in [0.05, 0.1) is 6.42 Å². The summed E-state index contributed by atoms with van der Waals surface area (Å²) in [5, 5.41) is 0. The van der Waals surface area contributed by atoms with E-state index in [0.29, 0.717) is 12.5 Å². The minimum absolute atomic E-state index is 0.200. The van der Waals surface area contributed by atoms with Crippen molar-refractivity contribution in [2.75, 3.05) is 31.9 Å². The predicted molar refractivity (Wildman–Crippen MR) is 109 cm³/mol. The van der Waals surface area contributed by atoms with Crippen LogP contribution in [0.25, 0.3) is 0 Å². The Kier molecular flexibility index (Phi) is 6.82. The molecule has 1 aliphatic heterocycles. The highest BCUT2D eigenvalue weighted by Gasteiger charge is 2.27. The van der Waals surface area contributed by atoms with Gasteiger partial charge in [-0.2, -0.15) is 0 Å². The van der Waals surface area contributed by atoms with Crippen molar-refractivity contribution in [1.29, 1.82) is 0 Å². The second-order valence-corrected chi connectivity index (χ2v) is 7.24. The zero-order chi connectivity index (χ0) is 19.1. The number of nitrogen functional groups attached to an aromatic ring is 1. The third-order valence-electron chi connectivity index (χ3n) is 5.44. The van der Waals surface area contributed by atoms with Crippen molar-refractivity contribution in [2.45, 2.75) is 38.6 Å². The molecule has 0 saturated carbocycles. The van der Waals surface area contributed by atoms with E-state index in [4.69, 9.17) is 5.73 Å². The Morgan fingerprint density at radius 3 is 2.56 bits per heavy atom. The number of rotatable bonds is 7.